The molecule has 1 aromatic rings. The molecule has 12 heavy (non-hydrogen) atoms. The molecule has 0 saturated carbocycles. The molecule has 0 heterocycles. The molecule has 0 aliphatic carbocycles. The van der Waals surface area contributed by atoms with E-state index in [-0.39, 0.29) is 6.15 Å². The first-order valence-corrected chi connectivity index (χ1v) is 4.08. The maximum absolute atomic E-state index is 2.26. The lowest BCUT2D eigenvalue weighted by Gasteiger charge is -2.10. The molecule has 0 radical (unpaired) electrons. The van der Waals surface area contributed by atoms with Crippen molar-refractivity contribution < 1.29 is 0 Å². The van der Waals surface area contributed by atoms with Crippen LogP contribution in [0.4, 0.5) is 0 Å². The van der Waals surface area contributed by atoms with E-state index in [9.17, 15) is 0 Å². The van der Waals surface area contributed by atoms with Gasteiger partial charge in [-0.3, -0.25) is 0 Å². The van der Waals surface area contributed by atoms with Crippen LogP contribution < -0.4 is 6.15 Å². The second-order valence-electron chi connectivity index (χ2n) is 3.39. The molecule has 1 nitrogen and oxygen atoms in total. The van der Waals surface area contributed by atoms with E-state index in [0.29, 0.717) is 0 Å². The van der Waals surface area contributed by atoms with Gasteiger partial charge in [0.2, 0.25) is 0 Å². The Kier molecular flexibility index (Phi) is 3.47. The molecule has 0 unspecified atom stereocenters. The van der Waals surface area contributed by atoms with Crippen LogP contribution in [-0.4, -0.2) is 0 Å². The topological polar surface area (TPSA) is 35.0 Å². The lowest BCUT2D eigenvalue weighted by atomic mass is 9.96. The normalized spacial score (nSPS) is 9.42. The molecule has 3 N–H and O–H groups in total. The molecular formula is C11H19N. The first-order valence-electron chi connectivity index (χ1n) is 4.08. The average Bonchev–Trinajstić information content (AvgIpc) is 1.97. The zero-order chi connectivity index (χ0) is 8.59. The van der Waals surface area contributed by atoms with Crippen molar-refractivity contribution in [1.29, 1.82) is 0 Å². The van der Waals surface area contributed by atoms with Crippen LogP contribution in [0.5, 0.6) is 0 Å². The minimum absolute atomic E-state index is 0. The maximum Gasteiger partial charge on any atom is -0.0392 e. The van der Waals surface area contributed by atoms with Crippen LogP contribution in [0.2, 0.25) is 0 Å². The maximum atomic E-state index is 2.26. The largest absolute Gasteiger partial charge is 0.344 e. The number of hydrogen-bond acceptors (Lipinski definition) is 1. The quantitative estimate of drug-likeness (QED) is 0.628. The van der Waals surface area contributed by atoms with Crippen LogP contribution in [0.25, 0.3) is 0 Å². The van der Waals surface area contributed by atoms with Gasteiger partial charge in [0, 0.05) is 0 Å². The Morgan fingerprint density at radius 3 is 1.33 bits per heavy atom. The summed E-state index contributed by atoms with van der Waals surface area (Å²) in [4.78, 5) is 0. The lowest BCUT2D eigenvalue weighted by Crippen LogP contribution is -1.93. The molecule has 0 bridgehead atoms. The second kappa shape index (κ2) is 3.72. The van der Waals surface area contributed by atoms with E-state index in [0.717, 1.165) is 0 Å². The zero-order valence-corrected chi connectivity index (χ0v) is 8.78. The Morgan fingerprint density at radius 1 is 0.667 bits per heavy atom. The SMILES string of the molecule is Cc1cc(C)c(C)c(C)c1C.N. The van der Waals surface area contributed by atoms with Crippen LogP contribution in [0.3, 0.4) is 0 Å². The Balaban J connectivity index is 0.00000121. The minimum atomic E-state index is 0. The highest BCUT2D eigenvalue weighted by Gasteiger charge is 2.02. The molecule has 0 aliphatic heterocycles. The van der Waals surface area contributed by atoms with Gasteiger partial charge >= 0.3 is 0 Å². The van der Waals surface area contributed by atoms with Gasteiger partial charge < -0.3 is 6.15 Å². The molecule has 0 spiro atoms. The van der Waals surface area contributed by atoms with Crippen LogP contribution in [0.15, 0.2) is 6.07 Å². The summed E-state index contributed by atoms with van der Waals surface area (Å²) in [6.45, 7) is 10.9. The van der Waals surface area contributed by atoms with Crippen LogP contribution >= 0.6 is 0 Å². The van der Waals surface area contributed by atoms with Crippen LogP contribution in [0.1, 0.15) is 27.8 Å². The van der Waals surface area contributed by atoms with E-state index in [1.165, 1.54) is 27.8 Å². The summed E-state index contributed by atoms with van der Waals surface area (Å²) in [5.41, 5.74) is 7.14. The van der Waals surface area contributed by atoms with E-state index in [1.807, 2.05) is 0 Å². The van der Waals surface area contributed by atoms with Crippen LogP contribution in [0, 0.1) is 34.6 Å². The Bertz CT molecular complexity index is 261. The lowest BCUT2D eigenvalue weighted by molar-refractivity contribution is 1.18. The van der Waals surface area contributed by atoms with E-state index in [4.69, 9.17) is 0 Å². The fourth-order valence-electron chi connectivity index (χ4n) is 1.41. The van der Waals surface area contributed by atoms with E-state index >= 15 is 0 Å². The first kappa shape index (κ1) is 11.2. The molecule has 1 heteroatoms. The molecule has 0 atom stereocenters. The van der Waals surface area contributed by atoms with Crippen molar-refractivity contribution in [3.63, 3.8) is 0 Å². The predicted molar refractivity (Wildman–Crippen MR) is 55.1 cm³/mol. The van der Waals surface area contributed by atoms with Gasteiger partial charge in [-0.1, -0.05) is 6.07 Å². The van der Waals surface area contributed by atoms with Gasteiger partial charge in [0.15, 0.2) is 0 Å². The van der Waals surface area contributed by atoms with Gasteiger partial charge in [-0.15, -0.1) is 0 Å². The van der Waals surface area contributed by atoms with Gasteiger partial charge in [0.25, 0.3) is 0 Å². The summed E-state index contributed by atoms with van der Waals surface area (Å²) < 4.78 is 0. The van der Waals surface area contributed by atoms with Crippen molar-refractivity contribution in [3.05, 3.63) is 33.9 Å². The molecule has 68 valence electrons. The predicted octanol–water partition coefficient (Wildman–Crippen LogP) is 3.39. The molecule has 0 aromatic heterocycles. The summed E-state index contributed by atoms with van der Waals surface area (Å²) in [6, 6.07) is 2.26. The fourth-order valence-corrected chi connectivity index (χ4v) is 1.41. The highest BCUT2D eigenvalue weighted by Crippen LogP contribution is 2.19. The highest BCUT2D eigenvalue weighted by atomic mass is 14.1. The average molecular weight is 165 g/mol. The number of hydrogen-bond donors (Lipinski definition) is 1. The van der Waals surface area contributed by atoms with Crippen molar-refractivity contribution in [2.75, 3.05) is 0 Å². The van der Waals surface area contributed by atoms with Gasteiger partial charge in [0.05, 0.1) is 0 Å². The van der Waals surface area contributed by atoms with Gasteiger partial charge in [-0.05, 0) is 62.4 Å². The van der Waals surface area contributed by atoms with Crippen molar-refractivity contribution in [2.24, 2.45) is 0 Å². The molecule has 0 amide bonds. The zero-order valence-electron chi connectivity index (χ0n) is 8.78. The Morgan fingerprint density at radius 2 is 1.00 bits per heavy atom. The number of aryl methyl sites for hydroxylation is 2. The number of benzene rings is 1. The van der Waals surface area contributed by atoms with Crippen LogP contribution in [-0.2, 0) is 0 Å². The molecule has 0 saturated heterocycles. The third-order valence-electron chi connectivity index (χ3n) is 2.74. The van der Waals surface area contributed by atoms with Gasteiger partial charge in [-0.2, -0.15) is 0 Å². The summed E-state index contributed by atoms with van der Waals surface area (Å²) in [5, 5.41) is 0. The van der Waals surface area contributed by atoms with Crippen molar-refractivity contribution in [1.82, 2.24) is 6.15 Å². The third-order valence-corrected chi connectivity index (χ3v) is 2.74. The van der Waals surface area contributed by atoms with E-state index in [2.05, 4.69) is 40.7 Å². The molecular weight excluding hydrogens is 146 g/mol. The standard InChI is InChI=1S/C11H16.H3N/c1-7-6-8(2)10(4)11(5)9(7)3;/h6H,1-5H3;1H3. The van der Waals surface area contributed by atoms with Crippen molar-refractivity contribution in [2.45, 2.75) is 34.6 Å². The highest BCUT2D eigenvalue weighted by molar-refractivity contribution is 5.42. The smallest absolute Gasteiger partial charge is 0.0392 e. The molecule has 0 fully saturated rings. The van der Waals surface area contributed by atoms with E-state index < -0.39 is 0 Å². The van der Waals surface area contributed by atoms with Gasteiger partial charge in [0.1, 0.15) is 0 Å². The monoisotopic (exact) mass is 165 g/mol. The fraction of sp³-hybridized carbons (Fsp3) is 0.455. The van der Waals surface area contributed by atoms with Crippen molar-refractivity contribution >= 4 is 0 Å². The Labute approximate surface area is 75.4 Å². The third kappa shape index (κ3) is 1.67. The molecule has 0 aliphatic rings. The Hall–Kier alpha value is -0.820. The number of rotatable bonds is 0. The van der Waals surface area contributed by atoms with Crippen molar-refractivity contribution in [3.8, 4) is 0 Å². The minimum Gasteiger partial charge on any atom is -0.344 e. The summed E-state index contributed by atoms with van der Waals surface area (Å²) in [5.74, 6) is 0. The molecule has 1 rings (SSSR count). The van der Waals surface area contributed by atoms with Gasteiger partial charge in [-0.25, -0.2) is 0 Å². The molecule has 1 aromatic carbocycles. The summed E-state index contributed by atoms with van der Waals surface area (Å²) in [6.07, 6.45) is 0. The van der Waals surface area contributed by atoms with E-state index in [1.54, 1.807) is 0 Å². The summed E-state index contributed by atoms with van der Waals surface area (Å²) in [7, 11) is 0. The second-order valence-corrected chi connectivity index (χ2v) is 3.39. The summed E-state index contributed by atoms with van der Waals surface area (Å²) >= 11 is 0. The first-order chi connectivity index (χ1) is 5.04.